The van der Waals surface area contributed by atoms with Gasteiger partial charge in [-0.2, -0.15) is 0 Å². The zero-order valence-electron chi connectivity index (χ0n) is 14.8. The second kappa shape index (κ2) is 10.3. The summed E-state index contributed by atoms with van der Waals surface area (Å²) >= 11 is 0. The van der Waals surface area contributed by atoms with Gasteiger partial charge >= 0.3 is 5.97 Å². The van der Waals surface area contributed by atoms with Gasteiger partial charge < -0.3 is 14.2 Å². The molecule has 0 aliphatic carbocycles. The van der Waals surface area contributed by atoms with E-state index in [1.54, 1.807) is 0 Å². The summed E-state index contributed by atoms with van der Waals surface area (Å²) in [6.45, 7) is 0.498. The van der Waals surface area contributed by atoms with E-state index < -0.39 is 0 Å². The Morgan fingerprint density at radius 1 is 0.826 bits per heavy atom. The third-order valence-electron chi connectivity index (χ3n) is 4.68. The van der Waals surface area contributed by atoms with Crippen LogP contribution in [0.1, 0.15) is 70.6 Å². The van der Waals surface area contributed by atoms with Crippen molar-refractivity contribution in [3.05, 3.63) is 0 Å². The van der Waals surface area contributed by atoms with Crippen molar-refractivity contribution in [2.75, 3.05) is 20.7 Å². The molecule has 2 aliphatic heterocycles. The highest BCUT2D eigenvalue weighted by Gasteiger charge is 2.36. The number of fused-ring (bicyclic) bond motifs is 1. The average Bonchev–Trinajstić information content (AvgIpc) is 2.92. The molecule has 5 nitrogen and oxygen atoms in total. The number of carbonyl (C=O) groups excluding carboxylic acids is 1. The molecule has 2 heterocycles. The zero-order valence-corrected chi connectivity index (χ0v) is 14.8. The van der Waals surface area contributed by atoms with Crippen LogP contribution in [0, 0.1) is 0 Å². The van der Waals surface area contributed by atoms with Crippen LogP contribution in [0.2, 0.25) is 0 Å². The fourth-order valence-electron chi connectivity index (χ4n) is 3.30. The Labute approximate surface area is 140 Å². The number of cyclic esters (lactones) is 1. The minimum atomic E-state index is -0.241. The van der Waals surface area contributed by atoms with E-state index in [-0.39, 0.29) is 24.6 Å². The van der Waals surface area contributed by atoms with Gasteiger partial charge in [0.2, 0.25) is 6.41 Å². The van der Waals surface area contributed by atoms with E-state index >= 15 is 0 Å². The van der Waals surface area contributed by atoms with Crippen LogP contribution in [0.25, 0.3) is 0 Å². The lowest BCUT2D eigenvalue weighted by Crippen LogP contribution is -2.29. The smallest absolute Gasteiger partial charge is 0.305 e. The van der Waals surface area contributed by atoms with Gasteiger partial charge in [0.1, 0.15) is 0 Å². The van der Waals surface area contributed by atoms with E-state index in [0.717, 1.165) is 32.1 Å². The SMILES string of the molecule is CN(C)C1OC2CCCCCCCCCC(=O)OCCCC2O1. The van der Waals surface area contributed by atoms with Crippen molar-refractivity contribution in [2.45, 2.75) is 89.3 Å². The van der Waals surface area contributed by atoms with Crippen molar-refractivity contribution in [1.29, 1.82) is 0 Å². The first-order valence-corrected chi connectivity index (χ1v) is 9.30. The van der Waals surface area contributed by atoms with Gasteiger partial charge in [-0.05, 0) is 39.8 Å². The van der Waals surface area contributed by atoms with Gasteiger partial charge in [0.15, 0.2) is 0 Å². The first-order valence-electron chi connectivity index (χ1n) is 9.30. The molecule has 5 heteroatoms. The van der Waals surface area contributed by atoms with Gasteiger partial charge in [-0.15, -0.1) is 0 Å². The van der Waals surface area contributed by atoms with E-state index in [1.165, 1.54) is 32.1 Å². The Bertz CT molecular complexity index is 348. The number of ether oxygens (including phenoxy) is 3. The number of nitrogens with zero attached hydrogens (tertiary/aromatic N) is 1. The molecule has 3 unspecified atom stereocenters. The second-order valence-electron chi connectivity index (χ2n) is 7.00. The molecule has 3 atom stereocenters. The molecule has 2 fully saturated rings. The Kier molecular flexibility index (Phi) is 8.34. The molecular formula is C18H33NO4. The third kappa shape index (κ3) is 6.77. The van der Waals surface area contributed by atoms with Crippen LogP contribution in [0.5, 0.6) is 0 Å². The Hall–Kier alpha value is -0.650. The maximum atomic E-state index is 11.7. The van der Waals surface area contributed by atoms with Gasteiger partial charge in [0.05, 0.1) is 18.8 Å². The number of hydrogen-bond donors (Lipinski definition) is 0. The van der Waals surface area contributed by atoms with Crippen LogP contribution >= 0.6 is 0 Å². The maximum absolute atomic E-state index is 11.7. The second-order valence-corrected chi connectivity index (χ2v) is 7.00. The topological polar surface area (TPSA) is 48.0 Å². The molecule has 2 rings (SSSR count). The molecule has 0 radical (unpaired) electrons. The molecular weight excluding hydrogens is 294 g/mol. The van der Waals surface area contributed by atoms with E-state index in [0.29, 0.717) is 13.0 Å². The summed E-state index contributed by atoms with van der Waals surface area (Å²) in [7, 11) is 3.95. The molecule has 0 aromatic heterocycles. The lowest BCUT2D eigenvalue weighted by Gasteiger charge is -2.17. The summed E-state index contributed by atoms with van der Waals surface area (Å²) in [5, 5.41) is 0. The summed E-state index contributed by atoms with van der Waals surface area (Å²) in [5.41, 5.74) is 0. The fraction of sp³-hybridized carbons (Fsp3) is 0.944. The highest BCUT2D eigenvalue weighted by molar-refractivity contribution is 5.69. The quantitative estimate of drug-likeness (QED) is 0.690. The van der Waals surface area contributed by atoms with Crippen molar-refractivity contribution in [2.24, 2.45) is 0 Å². The molecule has 23 heavy (non-hydrogen) atoms. The Morgan fingerprint density at radius 2 is 1.39 bits per heavy atom. The Morgan fingerprint density at radius 3 is 2.04 bits per heavy atom. The predicted molar refractivity (Wildman–Crippen MR) is 89.0 cm³/mol. The minimum absolute atomic E-state index is 0.0524. The van der Waals surface area contributed by atoms with Crippen molar-refractivity contribution >= 4 is 5.97 Å². The number of rotatable bonds is 1. The summed E-state index contributed by atoms with van der Waals surface area (Å²) in [5.74, 6) is -0.0524. The van der Waals surface area contributed by atoms with Gasteiger partial charge in [0.25, 0.3) is 0 Å². The van der Waals surface area contributed by atoms with Crippen LogP contribution in [-0.4, -0.2) is 50.2 Å². The van der Waals surface area contributed by atoms with Crippen molar-refractivity contribution in [3.63, 3.8) is 0 Å². The van der Waals surface area contributed by atoms with Crippen LogP contribution in [0.3, 0.4) is 0 Å². The lowest BCUT2D eigenvalue weighted by molar-refractivity contribution is -0.152. The molecule has 0 aromatic rings. The van der Waals surface area contributed by atoms with E-state index in [1.807, 2.05) is 19.0 Å². The van der Waals surface area contributed by atoms with Crippen LogP contribution in [-0.2, 0) is 19.0 Å². The first-order chi connectivity index (χ1) is 11.2. The van der Waals surface area contributed by atoms with Gasteiger partial charge in [-0.25, -0.2) is 0 Å². The summed E-state index contributed by atoms with van der Waals surface area (Å²) in [4.78, 5) is 13.6. The number of esters is 1. The minimum Gasteiger partial charge on any atom is -0.466 e. The monoisotopic (exact) mass is 327 g/mol. The largest absolute Gasteiger partial charge is 0.466 e. The molecule has 0 bridgehead atoms. The molecule has 0 saturated carbocycles. The van der Waals surface area contributed by atoms with E-state index in [9.17, 15) is 4.79 Å². The zero-order chi connectivity index (χ0) is 16.5. The average molecular weight is 327 g/mol. The molecule has 2 saturated heterocycles. The van der Waals surface area contributed by atoms with Gasteiger partial charge in [-0.1, -0.05) is 38.5 Å². The van der Waals surface area contributed by atoms with Crippen molar-refractivity contribution < 1.29 is 19.0 Å². The molecule has 0 amide bonds. The van der Waals surface area contributed by atoms with E-state index in [2.05, 4.69) is 0 Å². The normalized spacial score (nSPS) is 32.5. The highest BCUT2D eigenvalue weighted by Crippen LogP contribution is 2.28. The molecule has 0 N–H and O–H groups in total. The van der Waals surface area contributed by atoms with Crippen LogP contribution in [0.15, 0.2) is 0 Å². The lowest BCUT2D eigenvalue weighted by atomic mass is 10.0. The van der Waals surface area contributed by atoms with Crippen LogP contribution in [0.4, 0.5) is 0 Å². The van der Waals surface area contributed by atoms with Crippen molar-refractivity contribution in [1.82, 2.24) is 4.90 Å². The third-order valence-corrected chi connectivity index (χ3v) is 4.68. The molecule has 0 spiro atoms. The first kappa shape index (κ1) is 18.7. The van der Waals surface area contributed by atoms with Gasteiger partial charge in [-0.3, -0.25) is 9.69 Å². The highest BCUT2D eigenvalue weighted by atomic mass is 16.8. The Balaban J connectivity index is 1.83. The number of hydrogen-bond acceptors (Lipinski definition) is 5. The van der Waals surface area contributed by atoms with Gasteiger partial charge in [0, 0.05) is 6.42 Å². The molecule has 134 valence electrons. The predicted octanol–water partition coefficient (Wildman–Crippen LogP) is 3.46. The standard InChI is InChI=1S/C18H33NO4/c1-19(2)18-22-15-11-8-6-4-3-5-7-9-13-17(20)21-14-10-12-16(15)23-18/h15-16,18H,3-14H2,1-2H3. The van der Waals surface area contributed by atoms with Crippen molar-refractivity contribution in [3.8, 4) is 0 Å². The van der Waals surface area contributed by atoms with E-state index in [4.69, 9.17) is 14.2 Å². The summed E-state index contributed by atoms with van der Waals surface area (Å²) in [6, 6.07) is 0. The molecule has 0 aromatic carbocycles. The number of carbonyl (C=O) groups is 1. The van der Waals surface area contributed by atoms with Crippen LogP contribution < -0.4 is 0 Å². The summed E-state index contributed by atoms with van der Waals surface area (Å²) < 4.78 is 17.4. The fourth-order valence-corrected chi connectivity index (χ4v) is 3.30. The molecule has 2 aliphatic rings. The maximum Gasteiger partial charge on any atom is 0.305 e. The summed E-state index contributed by atoms with van der Waals surface area (Å²) in [6.07, 6.45) is 11.8.